The zero-order valence-electron chi connectivity index (χ0n) is 17.6. The van der Waals surface area contributed by atoms with Gasteiger partial charge >= 0.3 is 6.09 Å². The molecule has 1 N–H and O–H groups in total. The van der Waals surface area contributed by atoms with E-state index in [0.717, 1.165) is 11.3 Å². The van der Waals surface area contributed by atoms with Crippen molar-refractivity contribution < 1.29 is 14.3 Å². The van der Waals surface area contributed by atoms with Gasteiger partial charge in [0.1, 0.15) is 16.5 Å². The first-order chi connectivity index (χ1) is 14.8. The van der Waals surface area contributed by atoms with E-state index in [-0.39, 0.29) is 11.5 Å². The average molecular weight is 439 g/mol. The Kier molecular flexibility index (Phi) is 5.32. The van der Waals surface area contributed by atoms with E-state index in [0.29, 0.717) is 45.7 Å². The standard InChI is InChI=1S/C21H21N5O4S/c1-11-12(2)24-25(4)20(28)16(11)19-22-13(3)17(31-19)18(27)23-14-6-5-7-15(10-14)26-8-9-30-21(26)29/h5-7,10H,8-9H2,1-4H3,(H,23,27). The smallest absolute Gasteiger partial charge is 0.414 e. The van der Waals surface area contributed by atoms with Crippen molar-refractivity contribution in [1.82, 2.24) is 14.8 Å². The molecular weight excluding hydrogens is 418 g/mol. The topological polar surface area (TPSA) is 106 Å². The summed E-state index contributed by atoms with van der Waals surface area (Å²) >= 11 is 1.17. The molecule has 3 aromatic rings. The second kappa shape index (κ2) is 7.95. The number of hydrogen-bond donors (Lipinski definition) is 1. The zero-order chi connectivity index (χ0) is 22.3. The van der Waals surface area contributed by atoms with Crippen LogP contribution in [0, 0.1) is 20.8 Å². The van der Waals surface area contributed by atoms with Gasteiger partial charge in [-0.15, -0.1) is 11.3 Å². The van der Waals surface area contributed by atoms with E-state index in [1.54, 1.807) is 38.2 Å². The van der Waals surface area contributed by atoms with Crippen LogP contribution in [-0.4, -0.2) is 39.9 Å². The van der Waals surface area contributed by atoms with Crippen molar-refractivity contribution in [1.29, 1.82) is 0 Å². The lowest BCUT2D eigenvalue weighted by atomic mass is 10.1. The number of anilines is 2. The molecule has 1 aliphatic rings. The molecule has 0 bridgehead atoms. The lowest BCUT2D eigenvalue weighted by Gasteiger charge is -2.14. The predicted molar refractivity (Wildman–Crippen MR) is 118 cm³/mol. The summed E-state index contributed by atoms with van der Waals surface area (Å²) in [6.45, 7) is 6.19. The molecule has 0 saturated carbocycles. The highest BCUT2D eigenvalue weighted by Gasteiger charge is 2.24. The summed E-state index contributed by atoms with van der Waals surface area (Å²) in [5.41, 5.74) is 3.40. The minimum atomic E-state index is -0.406. The monoisotopic (exact) mass is 439 g/mol. The number of nitrogens with zero attached hydrogens (tertiary/aromatic N) is 4. The van der Waals surface area contributed by atoms with E-state index in [2.05, 4.69) is 15.4 Å². The number of benzene rings is 1. The molecule has 1 saturated heterocycles. The summed E-state index contributed by atoms with van der Waals surface area (Å²) in [6.07, 6.45) is -0.406. The first-order valence-electron chi connectivity index (χ1n) is 9.64. The number of aromatic nitrogens is 3. The molecule has 2 aromatic heterocycles. The summed E-state index contributed by atoms with van der Waals surface area (Å²) < 4.78 is 6.25. The van der Waals surface area contributed by atoms with E-state index in [1.807, 2.05) is 13.8 Å². The number of nitrogens with one attached hydrogen (secondary N) is 1. The van der Waals surface area contributed by atoms with Crippen molar-refractivity contribution in [2.45, 2.75) is 20.8 Å². The largest absolute Gasteiger partial charge is 0.447 e. The van der Waals surface area contributed by atoms with Gasteiger partial charge in [0.05, 0.1) is 23.5 Å². The number of ether oxygens (including phenoxy) is 1. The van der Waals surface area contributed by atoms with Crippen LogP contribution in [0.4, 0.5) is 16.2 Å². The third-order valence-electron chi connectivity index (χ3n) is 5.12. The predicted octanol–water partition coefficient (Wildman–Crippen LogP) is 3.04. The lowest BCUT2D eigenvalue weighted by molar-refractivity contribution is 0.102. The van der Waals surface area contributed by atoms with Gasteiger partial charge < -0.3 is 10.1 Å². The Labute approximate surface area is 182 Å². The van der Waals surface area contributed by atoms with Gasteiger partial charge in [0.2, 0.25) is 0 Å². The van der Waals surface area contributed by atoms with E-state index in [1.165, 1.54) is 20.9 Å². The summed E-state index contributed by atoms with van der Waals surface area (Å²) in [4.78, 5) is 43.8. The molecule has 0 aliphatic carbocycles. The molecular formula is C21H21N5O4S. The molecule has 1 aromatic carbocycles. The quantitative estimate of drug-likeness (QED) is 0.670. The minimum absolute atomic E-state index is 0.256. The third kappa shape index (κ3) is 3.81. The molecule has 0 atom stereocenters. The van der Waals surface area contributed by atoms with Crippen molar-refractivity contribution in [3.63, 3.8) is 0 Å². The molecule has 0 spiro atoms. The van der Waals surface area contributed by atoms with E-state index in [4.69, 9.17) is 4.74 Å². The van der Waals surface area contributed by atoms with E-state index >= 15 is 0 Å². The van der Waals surface area contributed by atoms with Crippen molar-refractivity contribution >= 4 is 34.7 Å². The Morgan fingerprint density at radius 2 is 1.97 bits per heavy atom. The molecule has 4 rings (SSSR count). The summed E-state index contributed by atoms with van der Waals surface area (Å²) in [5, 5.41) is 7.53. The number of hydrogen-bond acceptors (Lipinski definition) is 7. The van der Waals surface area contributed by atoms with Crippen LogP contribution < -0.4 is 15.8 Å². The number of carbonyl (C=O) groups excluding carboxylic acids is 2. The van der Waals surface area contributed by atoms with Crippen molar-refractivity contribution in [3.05, 3.63) is 56.4 Å². The second-order valence-corrected chi connectivity index (χ2v) is 8.22. The van der Waals surface area contributed by atoms with E-state index < -0.39 is 6.09 Å². The molecule has 160 valence electrons. The van der Waals surface area contributed by atoms with Gasteiger partial charge in [0, 0.05) is 18.4 Å². The lowest BCUT2D eigenvalue weighted by Crippen LogP contribution is -2.23. The van der Waals surface area contributed by atoms with Gasteiger partial charge in [-0.1, -0.05) is 6.07 Å². The molecule has 31 heavy (non-hydrogen) atoms. The van der Waals surface area contributed by atoms with Gasteiger partial charge in [-0.25, -0.2) is 14.5 Å². The Morgan fingerprint density at radius 3 is 2.68 bits per heavy atom. The maximum Gasteiger partial charge on any atom is 0.414 e. The molecule has 10 heteroatoms. The molecule has 1 fully saturated rings. The molecule has 3 heterocycles. The Balaban J connectivity index is 1.63. The van der Waals surface area contributed by atoms with Gasteiger partial charge in [0.15, 0.2) is 0 Å². The number of thiazole rings is 1. The first kappa shape index (κ1) is 20.7. The normalized spacial score (nSPS) is 13.4. The summed E-state index contributed by atoms with van der Waals surface area (Å²) in [7, 11) is 1.59. The number of rotatable bonds is 4. The van der Waals surface area contributed by atoms with Crippen molar-refractivity contribution in [2.75, 3.05) is 23.4 Å². The maximum atomic E-state index is 12.9. The van der Waals surface area contributed by atoms with Crippen molar-refractivity contribution in [2.24, 2.45) is 7.05 Å². The van der Waals surface area contributed by atoms with Crippen LogP contribution >= 0.6 is 11.3 Å². The molecule has 0 unspecified atom stereocenters. The highest BCUT2D eigenvalue weighted by Crippen LogP contribution is 2.30. The van der Waals surface area contributed by atoms with Gasteiger partial charge in [-0.2, -0.15) is 5.10 Å². The third-order valence-corrected chi connectivity index (χ3v) is 6.29. The second-order valence-electron chi connectivity index (χ2n) is 7.22. The minimum Gasteiger partial charge on any atom is -0.447 e. The molecule has 2 amide bonds. The Hall–Kier alpha value is -3.53. The van der Waals surface area contributed by atoms with Crippen LogP contribution in [0.25, 0.3) is 10.6 Å². The fourth-order valence-electron chi connectivity index (χ4n) is 3.38. The number of carbonyl (C=O) groups is 2. The van der Waals surface area contributed by atoms with Crippen LogP contribution in [-0.2, 0) is 11.8 Å². The van der Waals surface area contributed by atoms with Crippen LogP contribution in [0.5, 0.6) is 0 Å². The van der Waals surface area contributed by atoms with Crippen LogP contribution in [0.15, 0.2) is 29.1 Å². The highest BCUT2D eigenvalue weighted by molar-refractivity contribution is 7.17. The van der Waals surface area contributed by atoms with Gasteiger partial charge in [0.25, 0.3) is 11.5 Å². The number of amides is 2. The molecule has 1 aliphatic heterocycles. The van der Waals surface area contributed by atoms with Crippen molar-refractivity contribution in [3.8, 4) is 10.6 Å². The van der Waals surface area contributed by atoms with E-state index in [9.17, 15) is 14.4 Å². The van der Waals surface area contributed by atoms with Crippen LogP contribution in [0.2, 0.25) is 0 Å². The summed E-state index contributed by atoms with van der Waals surface area (Å²) in [5.74, 6) is -0.331. The number of aryl methyl sites for hydroxylation is 3. The Morgan fingerprint density at radius 1 is 1.19 bits per heavy atom. The SMILES string of the molecule is Cc1nc(-c2c(C)c(C)nn(C)c2=O)sc1C(=O)Nc1cccc(N2CCOC2=O)c1. The first-order valence-corrected chi connectivity index (χ1v) is 10.5. The fraction of sp³-hybridized carbons (Fsp3) is 0.286. The highest BCUT2D eigenvalue weighted by atomic mass is 32.1. The van der Waals surface area contributed by atoms with Crippen LogP contribution in [0.3, 0.4) is 0 Å². The fourth-order valence-corrected chi connectivity index (χ4v) is 4.44. The maximum absolute atomic E-state index is 12.9. The van der Waals surface area contributed by atoms with Gasteiger partial charge in [-0.05, 0) is 44.5 Å². The van der Waals surface area contributed by atoms with Crippen LogP contribution in [0.1, 0.15) is 26.6 Å². The Bertz CT molecular complexity index is 1260. The number of cyclic esters (lactones) is 1. The summed E-state index contributed by atoms with van der Waals surface area (Å²) in [6, 6.07) is 7.00. The molecule has 0 radical (unpaired) electrons. The zero-order valence-corrected chi connectivity index (χ0v) is 18.4. The van der Waals surface area contributed by atoms with Gasteiger partial charge in [-0.3, -0.25) is 14.5 Å². The molecule has 9 nitrogen and oxygen atoms in total. The average Bonchev–Trinajstić information content (AvgIpc) is 3.32.